The molecular formula is C12H14O3. The van der Waals surface area contributed by atoms with Gasteiger partial charge in [-0.3, -0.25) is 4.79 Å². The minimum atomic E-state index is -0.781. The molecule has 1 unspecified atom stereocenters. The summed E-state index contributed by atoms with van der Waals surface area (Å²) < 4.78 is 5.12. The monoisotopic (exact) mass is 206 g/mol. The molecule has 1 aromatic rings. The number of hydrogen-bond donors (Lipinski definition) is 1. The lowest BCUT2D eigenvalue weighted by molar-refractivity contribution is -0.138. The van der Waals surface area contributed by atoms with E-state index in [1.165, 1.54) is 5.56 Å². The highest BCUT2D eigenvalue weighted by atomic mass is 16.5. The van der Waals surface area contributed by atoms with Gasteiger partial charge in [0, 0.05) is 5.92 Å². The number of carboxylic acids is 1. The molecule has 1 aliphatic heterocycles. The van der Waals surface area contributed by atoms with Gasteiger partial charge in [-0.05, 0) is 18.1 Å². The van der Waals surface area contributed by atoms with Crippen LogP contribution >= 0.6 is 0 Å². The number of ether oxygens (including phenoxy) is 1. The normalized spacial score (nSPS) is 18.2. The van der Waals surface area contributed by atoms with Crippen molar-refractivity contribution in [1.29, 1.82) is 0 Å². The van der Waals surface area contributed by atoms with E-state index in [1.54, 1.807) is 6.92 Å². The zero-order chi connectivity index (χ0) is 10.8. The van der Waals surface area contributed by atoms with Crippen molar-refractivity contribution in [3.63, 3.8) is 0 Å². The zero-order valence-corrected chi connectivity index (χ0v) is 8.64. The van der Waals surface area contributed by atoms with Gasteiger partial charge >= 0.3 is 5.97 Å². The number of benzene rings is 1. The van der Waals surface area contributed by atoms with Gasteiger partial charge in [-0.2, -0.15) is 0 Å². The Morgan fingerprint density at radius 1 is 1.53 bits per heavy atom. The summed E-state index contributed by atoms with van der Waals surface area (Å²) in [7, 11) is 0. The summed E-state index contributed by atoms with van der Waals surface area (Å²) in [5, 5.41) is 8.91. The summed E-state index contributed by atoms with van der Waals surface area (Å²) in [6, 6.07) is 7.79. The molecule has 3 heteroatoms. The Morgan fingerprint density at radius 2 is 2.27 bits per heavy atom. The molecule has 1 atom stereocenters. The smallest absolute Gasteiger partial charge is 0.310 e. The average Bonchev–Trinajstić information content (AvgIpc) is 2.14. The van der Waals surface area contributed by atoms with Gasteiger partial charge in [-0.1, -0.05) is 24.3 Å². The van der Waals surface area contributed by atoms with Crippen LogP contribution in [0.25, 0.3) is 0 Å². The van der Waals surface area contributed by atoms with Crippen LogP contribution in [0.4, 0.5) is 0 Å². The van der Waals surface area contributed by atoms with E-state index in [1.807, 2.05) is 24.3 Å². The molecule has 15 heavy (non-hydrogen) atoms. The summed E-state index contributed by atoms with van der Waals surface area (Å²) in [6.45, 7) is 3.22. The molecule has 80 valence electrons. The second-order valence-corrected chi connectivity index (χ2v) is 3.96. The van der Waals surface area contributed by atoms with Crippen LogP contribution in [0, 0.1) is 0 Å². The second kappa shape index (κ2) is 4.03. The standard InChI is InChI=1S/C12H14O3/c1-8(12(13)14)9-3-2-4-10(5-9)11-6-15-7-11/h2-5,8,11H,6-7H2,1H3,(H,13,14). The Hall–Kier alpha value is -1.35. The Morgan fingerprint density at radius 3 is 2.80 bits per heavy atom. The minimum absolute atomic E-state index is 0.439. The van der Waals surface area contributed by atoms with Gasteiger partial charge in [0.15, 0.2) is 0 Å². The van der Waals surface area contributed by atoms with E-state index in [4.69, 9.17) is 9.84 Å². The Bertz CT molecular complexity index is 369. The van der Waals surface area contributed by atoms with Crippen molar-refractivity contribution in [2.75, 3.05) is 13.2 Å². The molecule has 0 aliphatic carbocycles. The quantitative estimate of drug-likeness (QED) is 0.822. The van der Waals surface area contributed by atoms with Gasteiger partial charge in [0.2, 0.25) is 0 Å². The third-order valence-electron chi connectivity index (χ3n) is 2.89. The van der Waals surface area contributed by atoms with E-state index >= 15 is 0 Å². The van der Waals surface area contributed by atoms with E-state index in [2.05, 4.69) is 0 Å². The van der Waals surface area contributed by atoms with Crippen molar-refractivity contribution >= 4 is 5.97 Å². The lowest BCUT2D eigenvalue weighted by Crippen LogP contribution is -2.25. The van der Waals surface area contributed by atoms with Gasteiger partial charge in [-0.15, -0.1) is 0 Å². The predicted molar refractivity (Wildman–Crippen MR) is 56.1 cm³/mol. The topological polar surface area (TPSA) is 46.5 Å². The Kier molecular flexibility index (Phi) is 2.73. The largest absolute Gasteiger partial charge is 0.481 e. The van der Waals surface area contributed by atoms with Gasteiger partial charge in [0.25, 0.3) is 0 Å². The molecule has 0 bridgehead atoms. The molecule has 1 N–H and O–H groups in total. The first-order chi connectivity index (χ1) is 7.18. The van der Waals surface area contributed by atoms with E-state index in [-0.39, 0.29) is 0 Å². The summed E-state index contributed by atoms with van der Waals surface area (Å²) in [4.78, 5) is 10.8. The molecule has 0 radical (unpaired) electrons. The number of carbonyl (C=O) groups is 1. The lowest BCUT2D eigenvalue weighted by Gasteiger charge is -2.26. The highest BCUT2D eigenvalue weighted by molar-refractivity contribution is 5.75. The first-order valence-corrected chi connectivity index (χ1v) is 5.09. The molecule has 1 heterocycles. The first kappa shape index (κ1) is 10.2. The van der Waals surface area contributed by atoms with Crippen LogP contribution in [-0.4, -0.2) is 24.3 Å². The fourth-order valence-corrected chi connectivity index (χ4v) is 1.65. The SMILES string of the molecule is CC(C(=O)O)c1cccc(C2COC2)c1. The van der Waals surface area contributed by atoms with E-state index < -0.39 is 11.9 Å². The second-order valence-electron chi connectivity index (χ2n) is 3.96. The molecule has 1 fully saturated rings. The molecule has 1 aliphatic rings. The van der Waals surface area contributed by atoms with Crippen LogP contribution in [0.1, 0.15) is 29.9 Å². The minimum Gasteiger partial charge on any atom is -0.481 e. The molecule has 0 amide bonds. The predicted octanol–water partition coefficient (Wildman–Crippen LogP) is 1.99. The third kappa shape index (κ3) is 2.02. The van der Waals surface area contributed by atoms with E-state index in [0.717, 1.165) is 18.8 Å². The van der Waals surface area contributed by atoms with Crippen LogP contribution in [0.2, 0.25) is 0 Å². The summed E-state index contributed by atoms with van der Waals surface area (Å²) in [6.07, 6.45) is 0. The van der Waals surface area contributed by atoms with E-state index in [9.17, 15) is 4.79 Å². The Balaban J connectivity index is 2.21. The summed E-state index contributed by atoms with van der Waals surface area (Å²) in [5.41, 5.74) is 2.05. The first-order valence-electron chi connectivity index (χ1n) is 5.09. The maximum atomic E-state index is 10.8. The van der Waals surface area contributed by atoms with Crippen molar-refractivity contribution in [1.82, 2.24) is 0 Å². The lowest BCUT2D eigenvalue weighted by atomic mass is 9.92. The van der Waals surface area contributed by atoms with Crippen molar-refractivity contribution in [2.24, 2.45) is 0 Å². The maximum absolute atomic E-state index is 10.8. The van der Waals surface area contributed by atoms with Crippen LogP contribution in [0.3, 0.4) is 0 Å². The molecule has 3 nitrogen and oxygen atoms in total. The molecule has 2 rings (SSSR count). The van der Waals surface area contributed by atoms with Crippen molar-refractivity contribution in [3.05, 3.63) is 35.4 Å². The van der Waals surface area contributed by atoms with Crippen LogP contribution in [0.15, 0.2) is 24.3 Å². The highest BCUT2D eigenvalue weighted by Gasteiger charge is 2.22. The molecule has 0 aromatic heterocycles. The number of rotatable bonds is 3. The third-order valence-corrected chi connectivity index (χ3v) is 2.89. The zero-order valence-electron chi connectivity index (χ0n) is 8.64. The van der Waals surface area contributed by atoms with Gasteiger partial charge in [0.05, 0.1) is 19.1 Å². The van der Waals surface area contributed by atoms with Crippen molar-refractivity contribution < 1.29 is 14.6 Å². The number of aliphatic carboxylic acids is 1. The van der Waals surface area contributed by atoms with Crippen molar-refractivity contribution in [3.8, 4) is 0 Å². The summed E-state index contributed by atoms with van der Waals surface area (Å²) in [5.74, 6) is -0.770. The van der Waals surface area contributed by atoms with Crippen LogP contribution in [0.5, 0.6) is 0 Å². The van der Waals surface area contributed by atoms with Crippen molar-refractivity contribution in [2.45, 2.75) is 18.8 Å². The molecule has 0 saturated carbocycles. The fourth-order valence-electron chi connectivity index (χ4n) is 1.65. The number of hydrogen-bond acceptors (Lipinski definition) is 2. The molecule has 1 aromatic carbocycles. The van der Waals surface area contributed by atoms with Crippen LogP contribution in [-0.2, 0) is 9.53 Å². The van der Waals surface area contributed by atoms with Gasteiger partial charge < -0.3 is 9.84 Å². The molecule has 1 saturated heterocycles. The summed E-state index contributed by atoms with van der Waals surface area (Å²) >= 11 is 0. The van der Waals surface area contributed by atoms with E-state index in [0.29, 0.717) is 5.92 Å². The fraction of sp³-hybridized carbons (Fsp3) is 0.417. The van der Waals surface area contributed by atoms with Crippen LogP contribution < -0.4 is 0 Å². The maximum Gasteiger partial charge on any atom is 0.310 e. The molecule has 0 spiro atoms. The molecular weight excluding hydrogens is 192 g/mol. The number of carboxylic acid groups (broad SMARTS) is 1. The van der Waals surface area contributed by atoms with Gasteiger partial charge in [0.1, 0.15) is 0 Å². The highest BCUT2D eigenvalue weighted by Crippen LogP contribution is 2.26. The average molecular weight is 206 g/mol. The Labute approximate surface area is 88.7 Å². The van der Waals surface area contributed by atoms with Gasteiger partial charge in [-0.25, -0.2) is 0 Å².